The average Bonchev–Trinajstić information content (AvgIpc) is 2.32. The van der Waals surface area contributed by atoms with Gasteiger partial charge in [0.2, 0.25) is 0 Å². The molecule has 3 nitrogen and oxygen atoms in total. The van der Waals surface area contributed by atoms with Crippen molar-refractivity contribution in [1.29, 1.82) is 0 Å². The van der Waals surface area contributed by atoms with Gasteiger partial charge in [-0.3, -0.25) is 0 Å². The van der Waals surface area contributed by atoms with Crippen LogP contribution in [0, 0.1) is 5.82 Å². The zero-order valence-corrected chi connectivity index (χ0v) is 8.94. The quantitative estimate of drug-likeness (QED) is 0.856. The highest BCUT2D eigenvalue weighted by atomic mass is 19.1. The molecular formula is C12H12FN3. The van der Waals surface area contributed by atoms with Crippen LogP contribution in [0.4, 0.5) is 10.2 Å². The van der Waals surface area contributed by atoms with Crippen molar-refractivity contribution < 1.29 is 4.39 Å². The number of hydrogen-bond acceptors (Lipinski definition) is 3. The Morgan fingerprint density at radius 2 is 1.94 bits per heavy atom. The first-order valence-corrected chi connectivity index (χ1v) is 5.02. The zero-order chi connectivity index (χ0) is 11.4. The monoisotopic (exact) mass is 217 g/mol. The van der Waals surface area contributed by atoms with Crippen LogP contribution in [-0.2, 0) is 6.42 Å². The molecule has 0 amide bonds. The van der Waals surface area contributed by atoms with Gasteiger partial charge >= 0.3 is 0 Å². The molecule has 0 radical (unpaired) electrons. The standard InChI is InChI=1S/C12H12FN3/c1-14-11-6-7-15-12(16-11)8-9-2-4-10(13)5-3-9/h2-7H,8H2,1H3,(H,14,15,16). The highest BCUT2D eigenvalue weighted by Gasteiger charge is 2.00. The van der Waals surface area contributed by atoms with Gasteiger partial charge < -0.3 is 5.32 Å². The second-order valence-electron chi connectivity index (χ2n) is 3.41. The van der Waals surface area contributed by atoms with Gasteiger partial charge in [-0.15, -0.1) is 0 Å². The van der Waals surface area contributed by atoms with Crippen molar-refractivity contribution >= 4 is 5.82 Å². The minimum Gasteiger partial charge on any atom is -0.373 e. The summed E-state index contributed by atoms with van der Waals surface area (Å²) in [5.74, 6) is 1.28. The molecule has 0 saturated carbocycles. The molecule has 1 N–H and O–H groups in total. The fourth-order valence-electron chi connectivity index (χ4n) is 1.41. The van der Waals surface area contributed by atoms with Crippen molar-refractivity contribution in [2.24, 2.45) is 0 Å². The maximum Gasteiger partial charge on any atom is 0.135 e. The van der Waals surface area contributed by atoms with Crippen LogP contribution < -0.4 is 5.32 Å². The summed E-state index contributed by atoms with van der Waals surface area (Å²) >= 11 is 0. The maximum absolute atomic E-state index is 12.7. The second kappa shape index (κ2) is 4.70. The van der Waals surface area contributed by atoms with E-state index in [1.165, 1.54) is 12.1 Å². The van der Waals surface area contributed by atoms with Crippen molar-refractivity contribution in [3.05, 3.63) is 53.7 Å². The molecule has 1 aromatic heterocycles. The lowest BCUT2D eigenvalue weighted by Gasteiger charge is -2.03. The first-order chi connectivity index (χ1) is 7.78. The number of aromatic nitrogens is 2. The fourth-order valence-corrected chi connectivity index (χ4v) is 1.41. The molecule has 0 fully saturated rings. The molecule has 0 atom stereocenters. The molecule has 0 unspecified atom stereocenters. The minimum absolute atomic E-state index is 0.228. The SMILES string of the molecule is CNc1ccnc(Cc2ccc(F)cc2)n1. The van der Waals surface area contributed by atoms with Gasteiger partial charge in [0.25, 0.3) is 0 Å². The van der Waals surface area contributed by atoms with Crippen LogP contribution in [-0.4, -0.2) is 17.0 Å². The summed E-state index contributed by atoms with van der Waals surface area (Å²) < 4.78 is 12.7. The van der Waals surface area contributed by atoms with E-state index in [2.05, 4.69) is 15.3 Å². The number of rotatable bonds is 3. The van der Waals surface area contributed by atoms with Crippen LogP contribution in [0.25, 0.3) is 0 Å². The second-order valence-corrected chi connectivity index (χ2v) is 3.41. The van der Waals surface area contributed by atoms with E-state index in [9.17, 15) is 4.39 Å². The summed E-state index contributed by atoms with van der Waals surface area (Å²) in [6, 6.07) is 8.16. The number of hydrogen-bond donors (Lipinski definition) is 1. The lowest BCUT2D eigenvalue weighted by Crippen LogP contribution is -2.00. The Labute approximate surface area is 93.4 Å². The van der Waals surface area contributed by atoms with E-state index in [4.69, 9.17) is 0 Å². The third-order valence-electron chi connectivity index (χ3n) is 2.24. The van der Waals surface area contributed by atoms with Crippen molar-refractivity contribution in [1.82, 2.24) is 9.97 Å². The highest BCUT2D eigenvalue weighted by molar-refractivity contribution is 5.32. The smallest absolute Gasteiger partial charge is 0.135 e. The molecule has 1 aromatic carbocycles. The molecule has 0 saturated heterocycles. The Morgan fingerprint density at radius 1 is 1.19 bits per heavy atom. The van der Waals surface area contributed by atoms with Gasteiger partial charge in [0, 0.05) is 19.7 Å². The van der Waals surface area contributed by atoms with Crippen LogP contribution in [0.2, 0.25) is 0 Å². The topological polar surface area (TPSA) is 37.8 Å². The average molecular weight is 217 g/mol. The van der Waals surface area contributed by atoms with Crippen LogP contribution in [0.1, 0.15) is 11.4 Å². The third-order valence-corrected chi connectivity index (χ3v) is 2.24. The molecule has 2 aromatic rings. The van der Waals surface area contributed by atoms with E-state index < -0.39 is 0 Å². The van der Waals surface area contributed by atoms with Crippen molar-refractivity contribution in [2.75, 3.05) is 12.4 Å². The third kappa shape index (κ3) is 2.53. The summed E-state index contributed by atoms with van der Waals surface area (Å²) in [4.78, 5) is 8.45. The first kappa shape index (κ1) is 10.5. The normalized spacial score (nSPS) is 10.1. The summed E-state index contributed by atoms with van der Waals surface area (Å²) in [5, 5.41) is 2.95. The molecule has 0 aliphatic rings. The van der Waals surface area contributed by atoms with E-state index in [1.807, 2.05) is 7.05 Å². The largest absolute Gasteiger partial charge is 0.373 e. The van der Waals surface area contributed by atoms with E-state index in [0.29, 0.717) is 6.42 Å². The molecule has 0 bridgehead atoms. The zero-order valence-electron chi connectivity index (χ0n) is 8.94. The van der Waals surface area contributed by atoms with Gasteiger partial charge in [-0.25, -0.2) is 14.4 Å². The molecule has 2 rings (SSSR count). The molecule has 16 heavy (non-hydrogen) atoms. The molecule has 0 aliphatic heterocycles. The van der Waals surface area contributed by atoms with Gasteiger partial charge in [-0.2, -0.15) is 0 Å². The van der Waals surface area contributed by atoms with Gasteiger partial charge in [0.05, 0.1) is 0 Å². The highest BCUT2D eigenvalue weighted by Crippen LogP contribution is 2.08. The van der Waals surface area contributed by atoms with E-state index in [1.54, 1.807) is 24.4 Å². The number of nitrogens with zero attached hydrogens (tertiary/aromatic N) is 2. The Balaban J connectivity index is 2.16. The van der Waals surface area contributed by atoms with Crippen LogP contribution in [0.15, 0.2) is 36.5 Å². The molecule has 82 valence electrons. The summed E-state index contributed by atoms with van der Waals surface area (Å²) in [6.07, 6.45) is 2.31. The van der Waals surface area contributed by atoms with Crippen molar-refractivity contribution in [3.8, 4) is 0 Å². The Bertz CT molecular complexity index is 468. The van der Waals surface area contributed by atoms with Gasteiger partial charge in [0.15, 0.2) is 0 Å². The summed E-state index contributed by atoms with van der Waals surface area (Å²) in [6.45, 7) is 0. The van der Waals surface area contributed by atoms with Crippen molar-refractivity contribution in [3.63, 3.8) is 0 Å². The summed E-state index contributed by atoms with van der Waals surface area (Å²) in [7, 11) is 1.81. The molecule has 4 heteroatoms. The lowest BCUT2D eigenvalue weighted by molar-refractivity contribution is 0.627. The lowest BCUT2D eigenvalue weighted by atomic mass is 10.1. The van der Waals surface area contributed by atoms with Gasteiger partial charge in [-0.05, 0) is 23.8 Å². The van der Waals surface area contributed by atoms with Crippen molar-refractivity contribution in [2.45, 2.75) is 6.42 Å². The van der Waals surface area contributed by atoms with Gasteiger partial charge in [-0.1, -0.05) is 12.1 Å². The number of halogens is 1. The Kier molecular flexibility index (Phi) is 3.10. The number of benzene rings is 1. The molecule has 0 aliphatic carbocycles. The number of anilines is 1. The Hall–Kier alpha value is -1.97. The van der Waals surface area contributed by atoms with E-state index in [0.717, 1.165) is 17.2 Å². The molecular weight excluding hydrogens is 205 g/mol. The first-order valence-electron chi connectivity index (χ1n) is 5.02. The number of nitrogens with one attached hydrogen (secondary N) is 1. The van der Waals surface area contributed by atoms with E-state index >= 15 is 0 Å². The minimum atomic E-state index is -0.228. The van der Waals surface area contributed by atoms with Crippen LogP contribution in [0.3, 0.4) is 0 Å². The summed E-state index contributed by atoms with van der Waals surface area (Å²) in [5.41, 5.74) is 0.995. The predicted octanol–water partition coefficient (Wildman–Crippen LogP) is 2.25. The Morgan fingerprint density at radius 3 is 2.62 bits per heavy atom. The predicted molar refractivity (Wildman–Crippen MR) is 60.8 cm³/mol. The molecule has 0 spiro atoms. The van der Waals surface area contributed by atoms with Gasteiger partial charge in [0.1, 0.15) is 17.5 Å². The maximum atomic E-state index is 12.7. The van der Waals surface area contributed by atoms with E-state index in [-0.39, 0.29) is 5.82 Å². The van der Waals surface area contributed by atoms with Crippen LogP contribution >= 0.6 is 0 Å². The van der Waals surface area contributed by atoms with Crippen LogP contribution in [0.5, 0.6) is 0 Å². The molecule has 1 heterocycles. The fraction of sp³-hybridized carbons (Fsp3) is 0.167.